The highest BCUT2D eigenvalue weighted by Gasteiger charge is 2.28. The molecule has 2 unspecified atom stereocenters. The molecule has 2 fully saturated rings. The smallest absolute Gasteiger partial charge is 0.239 e. The van der Waals surface area contributed by atoms with E-state index in [-0.39, 0.29) is 12.1 Å². The van der Waals surface area contributed by atoms with Crippen LogP contribution in [-0.2, 0) is 0 Å². The number of ether oxygens (including phenoxy) is 1. The number of likely N-dealkylation sites (N-methyl/N-ethyl adjacent to an activating group) is 1. The third-order valence-electron chi connectivity index (χ3n) is 4.58. The highest BCUT2D eigenvalue weighted by atomic mass is 16.5. The molecule has 0 amide bonds. The van der Waals surface area contributed by atoms with Crippen LogP contribution in [-0.4, -0.2) is 35.9 Å². The van der Waals surface area contributed by atoms with Crippen molar-refractivity contribution in [3.63, 3.8) is 0 Å². The Hall–Kier alpha value is -1.49. The molecular weight excluding hydrogens is 266 g/mol. The van der Waals surface area contributed by atoms with Gasteiger partial charge in [0.1, 0.15) is 5.82 Å². The fraction of sp³-hybridized carbons (Fsp3) is 0.688. The fourth-order valence-corrected chi connectivity index (χ4v) is 2.95. The predicted octanol–water partition coefficient (Wildman–Crippen LogP) is 2.19. The molecule has 2 atom stereocenters. The van der Waals surface area contributed by atoms with Crippen molar-refractivity contribution in [3.8, 4) is 5.88 Å². The Balaban J connectivity index is 1.72. The summed E-state index contributed by atoms with van der Waals surface area (Å²) >= 11 is 0. The number of hydrogen-bond donors (Lipinski definition) is 2. The molecule has 3 rings (SSSR count). The van der Waals surface area contributed by atoms with Crippen LogP contribution in [0.3, 0.4) is 0 Å². The molecule has 2 aliphatic carbocycles. The zero-order valence-electron chi connectivity index (χ0n) is 12.7. The van der Waals surface area contributed by atoms with Gasteiger partial charge in [-0.1, -0.05) is 12.8 Å². The molecule has 116 valence electrons. The van der Waals surface area contributed by atoms with Gasteiger partial charge in [-0.15, -0.1) is 0 Å². The average molecular weight is 291 g/mol. The number of aromatic nitrogens is 1. The number of anilines is 2. The summed E-state index contributed by atoms with van der Waals surface area (Å²) < 4.78 is 5.74. The molecule has 21 heavy (non-hydrogen) atoms. The van der Waals surface area contributed by atoms with Crippen molar-refractivity contribution in [2.75, 3.05) is 24.3 Å². The molecule has 5 heteroatoms. The molecule has 0 aliphatic heterocycles. The van der Waals surface area contributed by atoms with Crippen molar-refractivity contribution >= 4 is 11.5 Å². The molecule has 1 aromatic rings. The molecule has 3 N–H and O–H groups in total. The average Bonchev–Trinajstić information content (AvgIpc) is 3.30. The van der Waals surface area contributed by atoms with Crippen LogP contribution in [0.4, 0.5) is 11.5 Å². The van der Waals surface area contributed by atoms with E-state index in [1.54, 1.807) is 0 Å². The van der Waals surface area contributed by atoms with Crippen molar-refractivity contribution in [2.24, 2.45) is 5.92 Å². The van der Waals surface area contributed by atoms with Crippen LogP contribution in [0.25, 0.3) is 0 Å². The number of nitrogens with zero attached hydrogens (tertiary/aromatic N) is 2. The summed E-state index contributed by atoms with van der Waals surface area (Å²) in [5, 5.41) is 10.2. The first-order valence-electron chi connectivity index (χ1n) is 7.95. The normalized spacial score (nSPS) is 25.6. The highest BCUT2D eigenvalue weighted by Crippen LogP contribution is 2.32. The number of nitrogen functional groups attached to an aromatic ring is 1. The maximum absolute atomic E-state index is 10.2. The van der Waals surface area contributed by atoms with E-state index >= 15 is 0 Å². The second kappa shape index (κ2) is 6.10. The van der Waals surface area contributed by atoms with Gasteiger partial charge in [-0.3, -0.25) is 0 Å². The van der Waals surface area contributed by atoms with Gasteiger partial charge in [0.2, 0.25) is 5.88 Å². The third kappa shape index (κ3) is 3.40. The van der Waals surface area contributed by atoms with Crippen LogP contribution in [0.2, 0.25) is 0 Å². The summed E-state index contributed by atoms with van der Waals surface area (Å²) in [4.78, 5) is 6.61. The SMILES string of the molecule is CN(c1ccc(N)c(OCC2CC2)n1)C1CCCCC1O. The molecule has 0 radical (unpaired) electrons. The minimum atomic E-state index is -0.279. The highest BCUT2D eigenvalue weighted by molar-refractivity contribution is 5.54. The van der Waals surface area contributed by atoms with Crippen molar-refractivity contribution in [3.05, 3.63) is 12.1 Å². The van der Waals surface area contributed by atoms with Gasteiger partial charge in [0.15, 0.2) is 0 Å². The monoisotopic (exact) mass is 291 g/mol. The first kappa shape index (κ1) is 14.4. The quantitative estimate of drug-likeness (QED) is 0.870. The van der Waals surface area contributed by atoms with Crippen LogP contribution in [0.15, 0.2) is 12.1 Å². The van der Waals surface area contributed by atoms with Crippen LogP contribution in [0.5, 0.6) is 5.88 Å². The molecule has 0 bridgehead atoms. The second-order valence-electron chi connectivity index (χ2n) is 6.35. The number of nitrogens with two attached hydrogens (primary N) is 1. The molecule has 1 heterocycles. The Bertz CT molecular complexity index is 490. The summed E-state index contributed by atoms with van der Waals surface area (Å²) in [6.07, 6.45) is 6.35. The van der Waals surface area contributed by atoms with Gasteiger partial charge in [-0.2, -0.15) is 4.98 Å². The topological polar surface area (TPSA) is 71.6 Å². The molecule has 2 aliphatic rings. The standard InChI is InChI=1S/C16H25N3O2/c1-19(13-4-2-3-5-14(13)20)15-9-8-12(17)16(18-15)21-10-11-6-7-11/h8-9,11,13-14,20H,2-7,10,17H2,1H3. The Morgan fingerprint density at radius 2 is 2.05 bits per heavy atom. The van der Waals surface area contributed by atoms with Crippen molar-refractivity contribution < 1.29 is 9.84 Å². The number of aliphatic hydroxyl groups is 1. The number of pyridine rings is 1. The summed E-state index contributed by atoms with van der Waals surface area (Å²) in [5.74, 6) is 2.02. The van der Waals surface area contributed by atoms with E-state index < -0.39 is 0 Å². The van der Waals surface area contributed by atoms with E-state index in [9.17, 15) is 5.11 Å². The third-order valence-corrected chi connectivity index (χ3v) is 4.58. The summed E-state index contributed by atoms with van der Waals surface area (Å²) in [5.41, 5.74) is 6.53. The Kier molecular flexibility index (Phi) is 4.19. The molecule has 5 nitrogen and oxygen atoms in total. The first-order valence-corrected chi connectivity index (χ1v) is 7.95. The van der Waals surface area contributed by atoms with E-state index in [2.05, 4.69) is 9.88 Å². The van der Waals surface area contributed by atoms with Crippen LogP contribution >= 0.6 is 0 Å². The van der Waals surface area contributed by atoms with Crippen molar-refractivity contribution in [2.45, 2.75) is 50.7 Å². The second-order valence-corrected chi connectivity index (χ2v) is 6.35. The van der Waals surface area contributed by atoms with Crippen LogP contribution in [0.1, 0.15) is 38.5 Å². The molecular formula is C16H25N3O2. The first-order chi connectivity index (χ1) is 10.1. The summed E-state index contributed by atoms with van der Waals surface area (Å²) in [6, 6.07) is 3.88. The van der Waals surface area contributed by atoms with E-state index in [1.807, 2.05) is 19.2 Å². The zero-order valence-corrected chi connectivity index (χ0v) is 12.7. The lowest BCUT2D eigenvalue weighted by Gasteiger charge is -2.36. The van der Waals surface area contributed by atoms with E-state index in [0.717, 1.165) is 31.5 Å². The van der Waals surface area contributed by atoms with Gasteiger partial charge >= 0.3 is 0 Å². The van der Waals surface area contributed by atoms with Crippen LogP contribution in [0, 0.1) is 5.92 Å². The molecule has 2 saturated carbocycles. The lowest BCUT2D eigenvalue weighted by atomic mass is 9.91. The summed E-state index contributed by atoms with van der Waals surface area (Å²) in [6.45, 7) is 0.705. The van der Waals surface area contributed by atoms with Gasteiger partial charge in [0.25, 0.3) is 0 Å². The van der Waals surface area contributed by atoms with Gasteiger partial charge in [-0.25, -0.2) is 0 Å². The molecule has 1 aromatic heterocycles. The van der Waals surface area contributed by atoms with E-state index in [0.29, 0.717) is 24.1 Å². The van der Waals surface area contributed by atoms with Crippen LogP contribution < -0.4 is 15.4 Å². The van der Waals surface area contributed by atoms with Gasteiger partial charge in [0.05, 0.1) is 24.4 Å². The number of aliphatic hydroxyl groups excluding tert-OH is 1. The predicted molar refractivity (Wildman–Crippen MR) is 83.5 cm³/mol. The Labute approximate surface area is 126 Å². The lowest BCUT2D eigenvalue weighted by Crippen LogP contribution is -2.43. The Morgan fingerprint density at radius 1 is 1.29 bits per heavy atom. The summed E-state index contributed by atoms with van der Waals surface area (Å²) in [7, 11) is 1.99. The van der Waals surface area contributed by atoms with Gasteiger partial charge in [0, 0.05) is 7.05 Å². The maximum Gasteiger partial charge on any atom is 0.239 e. The van der Waals surface area contributed by atoms with Crippen molar-refractivity contribution in [1.82, 2.24) is 4.98 Å². The Morgan fingerprint density at radius 3 is 2.76 bits per heavy atom. The maximum atomic E-state index is 10.2. The van der Waals surface area contributed by atoms with Gasteiger partial charge in [-0.05, 0) is 43.7 Å². The largest absolute Gasteiger partial charge is 0.476 e. The zero-order chi connectivity index (χ0) is 14.8. The van der Waals surface area contributed by atoms with E-state index in [4.69, 9.17) is 10.5 Å². The molecule has 0 spiro atoms. The van der Waals surface area contributed by atoms with E-state index in [1.165, 1.54) is 12.8 Å². The molecule has 0 saturated heterocycles. The minimum absolute atomic E-state index is 0.131. The minimum Gasteiger partial charge on any atom is -0.476 e. The fourth-order valence-electron chi connectivity index (χ4n) is 2.95. The van der Waals surface area contributed by atoms with Crippen molar-refractivity contribution in [1.29, 1.82) is 0 Å². The van der Waals surface area contributed by atoms with Gasteiger partial charge < -0.3 is 20.5 Å². The number of rotatable bonds is 5. The lowest BCUT2D eigenvalue weighted by molar-refractivity contribution is 0.106. The molecule has 0 aromatic carbocycles. The number of hydrogen-bond acceptors (Lipinski definition) is 5.